The molecule has 142 valence electrons. The van der Waals surface area contributed by atoms with Crippen LogP contribution >= 0.6 is 0 Å². The van der Waals surface area contributed by atoms with Crippen LogP contribution in [0.2, 0.25) is 0 Å². The summed E-state index contributed by atoms with van der Waals surface area (Å²) in [7, 11) is 2.89. The predicted molar refractivity (Wildman–Crippen MR) is 97.9 cm³/mol. The lowest BCUT2D eigenvalue weighted by Crippen LogP contribution is -2.39. The number of hydrogen-bond donors (Lipinski definition) is 1. The first-order chi connectivity index (χ1) is 12.7. The number of aryl methyl sites for hydroxylation is 1. The molecule has 9 heteroatoms. The maximum Gasteiger partial charge on any atom is 0.332 e. The van der Waals surface area contributed by atoms with Gasteiger partial charge in [0, 0.05) is 14.1 Å². The standard InChI is InChI=1S/C18H20FN5O3/c1-10(12-5-7-13(19)8-6-12)21-16(25)11(2)24-9-20-15-14(24)17(26)23(4)18(27)22(15)3/h5-11H,1-4H3,(H,21,25)/t10-,11-/m0/s1. The van der Waals surface area contributed by atoms with E-state index < -0.39 is 17.3 Å². The molecule has 0 unspecified atom stereocenters. The summed E-state index contributed by atoms with van der Waals surface area (Å²) in [5.41, 5.74) is 0.147. The predicted octanol–water partition coefficient (Wildman–Crippen LogP) is 1.01. The zero-order valence-electron chi connectivity index (χ0n) is 15.4. The van der Waals surface area contributed by atoms with E-state index >= 15 is 0 Å². The molecule has 3 aromatic rings. The highest BCUT2D eigenvalue weighted by atomic mass is 19.1. The summed E-state index contributed by atoms with van der Waals surface area (Å²) in [6.45, 7) is 3.42. The number of rotatable bonds is 4. The molecular formula is C18H20FN5O3. The Kier molecular flexibility index (Phi) is 4.69. The van der Waals surface area contributed by atoms with Crippen molar-refractivity contribution in [3.8, 4) is 0 Å². The van der Waals surface area contributed by atoms with Crippen molar-refractivity contribution in [2.24, 2.45) is 14.1 Å². The SMILES string of the molecule is C[C@H](NC(=O)[C@H](C)n1cnc2c1c(=O)n(C)c(=O)n2C)c1ccc(F)cc1. The highest BCUT2D eigenvalue weighted by molar-refractivity contribution is 5.82. The molecule has 0 fully saturated rings. The Morgan fingerprint density at radius 3 is 2.37 bits per heavy atom. The summed E-state index contributed by atoms with van der Waals surface area (Å²) in [5, 5.41) is 2.84. The Morgan fingerprint density at radius 2 is 1.74 bits per heavy atom. The van der Waals surface area contributed by atoms with Gasteiger partial charge in [0.2, 0.25) is 5.91 Å². The minimum atomic E-state index is -0.733. The largest absolute Gasteiger partial charge is 0.348 e. The molecule has 0 radical (unpaired) electrons. The van der Waals surface area contributed by atoms with Gasteiger partial charge in [0.05, 0.1) is 12.4 Å². The van der Waals surface area contributed by atoms with Gasteiger partial charge in [-0.1, -0.05) is 12.1 Å². The van der Waals surface area contributed by atoms with Crippen LogP contribution in [0.15, 0.2) is 40.2 Å². The van der Waals surface area contributed by atoms with Crippen LogP contribution in [-0.2, 0) is 18.9 Å². The summed E-state index contributed by atoms with van der Waals surface area (Å²) >= 11 is 0. The minimum absolute atomic E-state index is 0.177. The summed E-state index contributed by atoms with van der Waals surface area (Å²) in [6.07, 6.45) is 1.37. The van der Waals surface area contributed by atoms with E-state index in [9.17, 15) is 18.8 Å². The average molecular weight is 373 g/mol. The third kappa shape index (κ3) is 3.16. The smallest absolute Gasteiger partial charge is 0.332 e. The molecule has 0 aliphatic rings. The van der Waals surface area contributed by atoms with Crippen LogP contribution < -0.4 is 16.6 Å². The third-order valence-corrected chi connectivity index (χ3v) is 4.70. The van der Waals surface area contributed by atoms with Gasteiger partial charge in [-0.3, -0.25) is 18.7 Å². The fourth-order valence-electron chi connectivity index (χ4n) is 2.95. The number of nitrogens with zero attached hydrogens (tertiary/aromatic N) is 4. The molecule has 0 saturated carbocycles. The van der Waals surface area contributed by atoms with Crippen LogP contribution in [0.3, 0.4) is 0 Å². The molecule has 2 aromatic heterocycles. The van der Waals surface area contributed by atoms with Crippen molar-refractivity contribution in [3.63, 3.8) is 0 Å². The highest BCUT2D eigenvalue weighted by Crippen LogP contribution is 2.17. The Morgan fingerprint density at radius 1 is 1.11 bits per heavy atom. The van der Waals surface area contributed by atoms with Gasteiger partial charge in [-0.2, -0.15) is 0 Å². The van der Waals surface area contributed by atoms with Gasteiger partial charge < -0.3 is 9.88 Å². The molecule has 1 amide bonds. The Labute approximate surface area is 153 Å². The highest BCUT2D eigenvalue weighted by Gasteiger charge is 2.23. The quantitative estimate of drug-likeness (QED) is 0.739. The van der Waals surface area contributed by atoms with Crippen LogP contribution in [0, 0.1) is 5.82 Å². The number of imidazole rings is 1. The van der Waals surface area contributed by atoms with Crippen LogP contribution in [-0.4, -0.2) is 24.6 Å². The number of nitrogens with one attached hydrogen (secondary N) is 1. The second kappa shape index (κ2) is 6.82. The molecule has 3 rings (SSSR count). The zero-order valence-corrected chi connectivity index (χ0v) is 15.4. The molecule has 1 N–H and O–H groups in total. The van der Waals surface area contributed by atoms with Crippen LogP contribution in [0.5, 0.6) is 0 Å². The number of aromatic nitrogens is 4. The molecule has 2 atom stereocenters. The zero-order chi connectivity index (χ0) is 19.9. The van der Waals surface area contributed by atoms with Gasteiger partial charge in [0.15, 0.2) is 11.2 Å². The van der Waals surface area contributed by atoms with E-state index in [4.69, 9.17) is 0 Å². The maximum absolute atomic E-state index is 13.1. The molecule has 8 nitrogen and oxygen atoms in total. The molecular weight excluding hydrogens is 353 g/mol. The van der Waals surface area contributed by atoms with Crippen LogP contribution in [0.1, 0.15) is 31.5 Å². The van der Waals surface area contributed by atoms with Gasteiger partial charge >= 0.3 is 5.69 Å². The van der Waals surface area contributed by atoms with Gasteiger partial charge in [-0.25, -0.2) is 14.2 Å². The van der Waals surface area contributed by atoms with Crippen LogP contribution in [0.4, 0.5) is 4.39 Å². The fourth-order valence-corrected chi connectivity index (χ4v) is 2.95. The second-order valence-corrected chi connectivity index (χ2v) is 6.49. The first-order valence-electron chi connectivity index (χ1n) is 8.40. The number of carbonyl (C=O) groups excluding carboxylic acids is 1. The van der Waals surface area contributed by atoms with Crippen molar-refractivity contribution < 1.29 is 9.18 Å². The second-order valence-electron chi connectivity index (χ2n) is 6.49. The molecule has 0 aliphatic carbocycles. The van der Waals surface area contributed by atoms with Crippen molar-refractivity contribution >= 4 is 17.1 Å². The average Bonchev–Trinajstić information content (AvgIpc) is 3.09. The summed E-state index contributed by atoms with van der Waals surface area (Å²) in [6, 6.07) is 4.78. The van der Waals surface area contributed by atoms with E-state index in [1.165, 1.54) is 41.7 Å². The lowest BCUT2D eigenvalue weighted by Gasteiger charge is -2.19. The minimum Gasteiger partial charge on any atom is -0.348 e. The van der Waals surface area contributed by atoms with Gasteiger partial charge in [0.25, 0.3) is 5.56 Å². The van der Waals surface area contributed by atoms with Gasteiger partial charge in [-0.05, 0) is 31.5 Å². The Bertz CT molecular complexity index is 1130. The number of fused-ring (bicyclic) bond motifs is 1. The van der Waals surface area contributed by atoms with Crippen molar-refractivity contribution in [1.82, 2.24) is 24.0 Å². The van der Waals surface area contributed by atoms with E-state index in [0.717, 1.165) is 10.1 Å². The van der Waals surface area contributed by atoms with Crippen LogP contribution in [0.25, 0.3) is 11.2 Å². The lowest BCUT2D eigenvalue weighted by molar-refractivity contribution is -0.124. The molecule has 27 heavy (non-hydrogen) atoms. The normalized spacial score (nSPS) is 13.5. The first-order valence-corrected chi connectivity index (χ1v) is 8.40. The third-order valence-electron chi connectivity index (χ3n) is 4.70. The maximum atomic E-state index is 13.1. The number of halogens is 1. The van der Waals surface area contributed by atoms with E-state index in [0.29, 0.717) is 0 Å². The van der Waals surface area contributed by atoms with Gasteiger partial charge in [0.1, 0.15) is 11.9 Å². The van der Waals surface area contributed by atoms with Crippen molar-refractivity contribution in [1.29, 1.82) is 0 Å². The Hall–Kier alpha value is -3.23. The van der Waals surface area contributed by atoms with Crippen molar-refractivity contribution in [2.75, 3.05) is 0 Å². The monoisotopic (exact) mass is 373 g/mol. The van der Waals surface area contributed by atoms with Gasteiger partial charge in [-0.15, -0.1) is 0 Å². The summed E-state index contributed by atoms with van der Waals surface area (Å²) < 4.78 is 16.7. The number of benzene rings is 1. The number of hydrogen-bond acceptors (Lipinski definition) is 4. The summed E-state index contributed by atoms with van der Waals surface area (Å²) in [4.78, 5) is 41.3. The molecule has 0 bridgehead atoms. The van der Waals surface area contributed by atoms with Crippen molar-refractivity contribution in [2.45, 2.75) is 25.9 Å². The molecule has 2 heterocycles. The van der Waals surface area contributed by atoms with E-state index in [1.807, 2.05) is 0 Å². The Balaban J connectivity index is 1.93. The molecule has 1 aromatic carbocycles. The topological polar surface area (TPSA) is 90.9 Å². The summed E-state index contributed by atoms with van der Waals surface area (Å²) in [5.74, 6) is -0.681. The molecule has 0 spiro atoms. The fraction of sp³-hybridized carbons (Fsp3) is 0.333. The molecule has 0 aliphatic heterocycles. The first kappa shape index (κ1) is 18.6. The lowest BCUT2D eigenvalue weighted by atomic mass is 10.1. The van der Waals surface area contributed by atoms with Crippen molar-refractivity contribution in [3.05, 3.63) is 62.8 Å². The van der Waals surface area contributed by atoms with E-state index in [1.54, 1.807) is 26.0 Å². The number of amides is 1. The van der Waals surface area contributed by atoms with E-state index in [2.05, 4.69) is 10.3 Å². The number of carbonyl (C=O) groups is 1. The van der Waals surface area contributed by atoms with E-state index in [-0.39, 0.29) is 28.9 Å². The molecule has 0 saturated heterocycles.